The van der Waals surface area contributed by atoms with E-state index in [1.54, 1.807) is 12.1 Å². The third-order valence-electron chi connectivity index (χ3n) is 2.64. The van der Waals surface area contributed by atoms with Crippen LogP contribution in [0.4, 0.5) is 23.2 Å². The number of amides is 1. The molecule has 1 N–H and O–H groups in total. The standard InChI is InChI=1S/C14H9F4NOS/c15-12-5-4-9(7-11(12)14(16,17)18)19-13(20)8-2-1-3-10(21)6-8/h1-7,21H,(H,19,20). The van der Waals surface area contributed by atoms with Gasteiger partial charge in [-0.15, -0.1) is 12.6 Å². The number of nitrogens with one attached hydrogen (secondary N) is 1. The number of hydrogen-bond donors (Lipinski definition) is 2. The van der Waals surface area contributed by atoms with Gasteiger partial charge in [-0.3, -0.25) is 4.79 Å². The molecule has 0 bridgehead atoms. The third-order valence-corrected chi connectivity index (χ3v) is 2.92. The molecule has 2 nitrogen and oxygen atoms in total. The van der Waals surface area contributed by atoms with Crippen LogP contribution >= 0.6 is 12.6 Å². The summed E-state index contributed by atoms with van der Waals surface area (Å²) in [5, 5.41) is 2.29. The van der Waals surface area contributed by atoms with Gasteiger partial charge in [0, 0.05) is 16.1 Å². The lowest BCUT2D eigenvalue weighted by Crippen LogP contribution is -2.14. The van der Waals surface area contributed by atoms with Crippen molar-refractivity contribution in [3.05, 3.63) is 59.4 Å². The average Bonchev–Trinajstić information content (AvgIpc) is 2.39. The zero-order valence-corrected chi connectivity index (χ0v) is 11.3. The van der Waals surface area contributed by atoms with Gasteiger partial charge < -0.3 is 5.32 Å². The summed E-state index contributed by atoms with van der Waals surface area (Å²) in [4.78, 5) is 12.4. The van der Waals surface area contributed by atoms with Crippen LogP contribution in [-0.4, -0.2) is 5.91 Å². The van der Waals surface area contributed by atoms with E-state index in [-0.39, 0.29) is 11.3 Å². The molecule has 0 unspecified atom stereocenters. The van der Waals surface area contributed by atoms with E-state index >= 15 is 0 Å². The highest BCUT2D eigenvalue weighted by atomic mass is 32.1. The van der Waals surface area contributed by atoms with Crippen molar-refractivity contribution in [2.45, 2.75) is 11.1 Å². The number of carbonyl (C=O) groups is 1. The molecule has 21 heavy (non-hydrogen) atoms. The molecule has 0 heterocycles. The number of thiol groups is 1. The summed E-state index contributed by atoms with van der Waals surface area (Å²) >= 11 is 4.06. The molecule has 0 spiro atoms. The van der Waals surface area contributed by atoms with Gasteiger partial charge in [0.15, 0.2) is 0 Å². The third kappa shape index (κ3) is 3.75. The van der Waals surface area contributed by atoms with E-state index in [1.807, 2.05) is 0 Å². The van der Waals surface area contributed by atoms with E-state index in [9.17, 15) is 22.4 Å². The van der Waals surface area contributed by atoms with Gasteiger partial charge in [0.25, 0.3) is 5.91 Å². The van der Waals surface area contributed by atoms with Gasteiger partial charge in [0.05, 0.1) is 5.56 Å². The Hall–Kier alpha value is -2.02. The lowest BCUT2D eigenvalue weighted by atomic mass is 10.1. The van der Waals surface area contributed by atoms with Crippen LogP contribution in [0.3, 0.4) is 0 Å². The zero-order chi connectivity index (χ0) is 15.6. The minimum absolute atomic E-state index is 0.140. The summed E-state index contributed by atoms with van der Waals surface area (Å²) in [5.74, 6) is -2.00. The molecule has 2 aromatic rings. The Labute approximate surface area is 123 Å². The molecule has 0 fully saturated rings. The second-order valence-corrected chi connectivity index (χ2v) is 4.71. The fourth-order valence-corrected chi connectivity index (χ4v) is 1.90. The van der Waals surface area contributed by atoms with Crippen LogP contribution < -0.4 is 5.32 Å². The molecule has 1 amide bonds. The Morgan fingerprint density at radius 2 is 1.81 bits per heavy atom. The molecule has 0 saturated heterocycles. The van der Waals surface area contributed by atoms with Gasteiger partial charge in [-0.05, 0) is 36.4 Å². The normalized spacial score (nSPS) is 11.3. The maximum Gasteiger partial charge on any atom is 0.419 e. The fraction of sp³-hybridized carbons (Fsp3) is 0.0714. The smallest absolute Gasteiger partial charge is 0.322 e. The summed E-state index contributed by atoms with van der Waals surface area (Å²) in [6.45, 7) is 0. The summed E-state index contributed by atoms with van der Waals surface area (Å²) in [6, 6.07) is 8.47. The van der Waals surface area contributed by atoms with E-state index in [2.05, 4.69) is 17.9 Å². The van der Waals surface area contributed by atoms with Crippen LogP contribution in [0, 0.1) is 5.82 Å². The van der Waals surface area contributed by atoms with Crippen LogP contribution in [0.2, 0.25) is 0 Å². The summed E-state index contributed by atoms with van der Waals surface area (Å²) in [6.07, 6.45) is -4.82. The van der Waals surface area contributed by atoms with Crippen molar-refractivity contribution < 1.29 is 22.4 Å². The first-order valence-electron chi connectivity index (χ1n) is 5.74. The molecule has 0 aliphatic rings. The van der Waals surface area contributed by atoms with E-state index in [0.717, 1.165) is 6.07 Å². The molecule has 0 aromatic heterocycles. The van der Waals surface area contributed by atoms with Gasteiger partial charge >= 0.3 is 6.18 Å². The average molecular weight is 315 g/mol. The highest BCUT2D eigenvalue weighted by Gasteiger charge is 2.34. The van der Waals surface area contributed by atoms with E-state index in [1.165, 1.54) is 12.1 Å². The van der Waals surface area contributed by atoms with Crippen LogP contribution in [0.5, 0.6) is 0 Å². The topological polar surface area (TPSA) is 29.1 Å². The maximum atomic E-state index is 13.1. The summed E-state index contributed by atoms with van der Waals surface area (Å²) in [7, 11) is 0. The predicted molar refractivity (Wildman–Crippen MR) is 73.0 cm³/mol. The van der Waals surface area contributed by atoms with Crippen molar-refractivity contribution in [2.75, 3.05) is 5.32 Å². The lowest BCUT2D eigenvalue weighted by molar-refractivity contribution is -0.139. The second kappa shape index (κ2) is 5.77. The largest absolute Gasteiger partial charge is 0.419 e. The fourth-order valence-electron chi connectivity index (χ4n) is 1.67. The molecule has 0 atom stereocenters. The first kappa shape index (κ1) is 15.4. The highest BCUT2D eigenvalue weighted by Crippen LogP contribution is 2.33. The zero-order valence-electron chi connectivity index (χ0n) is 10.4. The van der Waals surface area contributed by atoms with Gasteiger partial charge in [-0.1, -0.05) is 6.07 Å². The van der Waals surface area contributed by atoms with Crippen LogP contribution in [-0.2, 0) is 6.18 Å². The number of hydrogen-bond acceptors (Lipinski definition) is 2. The van der Waals surface area contributed by atoms with E-state index < -0.39 is 23.5 Å². The van der Waals surface area contributed by atoms with Gasteiger partial charge in [-0.2, -0.15) is 13.2 Å². The van der Waals surface area contributed by atoms with Crippen molar-refractivity contribution in [1.29, 1.82) is 0 Å². The van der Waals surface area contributed by atoms with Crippen molar-refractivity contribution in [2.24, 2.45) is 0 Å². The first-order valence-corrected chi connectivity index (χ1v) is 6.19. The van der Waals surface area contributed by atoms with Gasteiger partial charge in [0.2, 0.25) is 0 Å². The molecule has 0 aliphatic heterocycles. The van der Waals surface area contributed by atoms with Crippen molar-refractivity contribution >= 4 is 24.2 Å². The van der Waals surface area contributed by atoms with Crippen LogP contribution in [0.1, 0.15) is 15.9 Å². The Bertz CT molecular complexity index is 685. The molecule has 2 rings (SSSR count). The minimum Gasteiger partial charge on any atom is -0.322 e. The molecule has 110 valence electrons. The summed E-state index contributed by atoms with van der Waals surface area (Å²) < 4.78 is 50.9. The Balaban J connectivity index is 2.26. The molecule has 0 aliphatic carbocycles. The SMILES string of the molecule is O=C(Nc1ccc(F)c(C(F)(F)F)c1)c1cccc(S)c1. The minimum atomic E-state index is -4.82. The van der Waals surface area contributed by atoms with Crippen LogP contribution in [0.15, 0.2) is 47.4 Å². The summed E-state index contributed by atoms with van der Waals surface area (Å²) in [5.41, 5.74) is -1.33. The van der Waals surface area contributed by atoms with Crippen molar-refractivity contribution in [3.63, 3.8) is 0 Å². The highest BCUT2D eigenvalue weighted by molar-refractivity contribution is 7.80. The molecule has 0 saturated carbocycles. The van der Waals surface area contributed by atoms with Crippen molar-refractivity contribution in [3.8, 4) is 0 Å². The maximum absolute atomic E-state index is 13.1. The van der Waals surface area contributed by atoms with Crippen molar-refractivity contribution in [1.82, 2.24) is 0 Å². The number of carbonyl (C=O) groups excluding carboxylic acids is 1. The van der Waals surface area contributed by atoms with E-state index in [4.69, 9.17) is 0 Å². The number of alkyl halides is 3. The Morgan fingerprint density at radius 3 is 2.43 bits per heavy atom. The second-order valence-electron chi connectivity index (χ2n) is 4.20. The molecular weight excluding hydrogens is 306 g/mol. The molecule has 2 aromatic carbocycles. The molecule has 0 radical (unpaired) electrons. The predicted octanol–water partition coefficient (Wildman–Crippen LogP) is 4.39. The Kier molecular flexibility index (Phi) is 4.22. The Morgan fingerprint density at radius 1 is 1.10 bits per heavy atom. The first-order chi connectivity index (χ1) is 9.77. The molecule has 7 heteroatoms. The number of rotatable bonds is 2. The van der Waals surface area contributed by atoms with Gasteiger partial charge in [0.1, 0.15) is 5.82 Å². The quantitative estimate of drug-likeness (QED) is 0.625. The number of benzene rings is 2. The monoisotopic (exact) mass is 315 g/mol. The van der Waals surface area contributed by atoms with E-state index in [0.29, 0.717) is 17.0 Å². The molecular formula is C14H9F4NOS. The number of anilines is 1. The lowest BCUT2D eigenvalue weighted by Gasteiger charge is -2.11. The van der Waals surface area contributed by atoms with Gasteiger partial charge in [-0.25, -0.2) is 4.39 Å². The number of halogens is 4. The van der Waals surface area contributed by atoms with Crippen LogP contribution in [0.25, 0.3) is 0 Å².